The predicted molar refractivity (Wildman–Crippen MR) is 57.9 cm³/mol. The van der Waals surface area contributed by atoms with Crippen molar-refractivity contribution < 1.29 is 14.3 Å². The van der Waals surface area contributed by atoms with Gasteiger partial charge in [0.15, 0.2) is 0 Å². The highest BCUT2D eigenvalue weighted by molar-refractivity contribution is 5.86. The molecule has 1 saturated heterocycles. The summed E-state index contributed by atoms with van der Waals surface area (Å²) in [5.41, 5.74) is 0. The fourth-order valence-corrected chi connectivity index (χ4v) is 1.70. The third-order valence-corrected chi connectivity index (χ3v) is 2.37. The molecule has 0 aromatic rings. The van der Waals surface area contributed by atoms with Gasteiger partial charge in [0.25, 0.3) is 0 Å². The van der Waals surface area contributed by atoms with Crippen LogP contribution in [0.3, 0.4) is 0 Å². The van der Waals surface area contributed by atoms with E-state index in [1.807, 2.05) is 0 Å². The van der Waals surface area contributed by atoms with Crippen molar-refractivity contribution in [3.05, 3.63) is 0 Å². The minimum absolute atomic E-state index is 0. The van der Waals surface area contributed by atoms with Crippen molar-refractivity contribution in [3.63, 3.8) is 0 Å². The van der Waals surface area contributed by atoms with Crippen LogP contribution in [0.1, 0.15) is 12.8 Å². The Hall–Kier alpha value is -0.810. The number of ether oxygens (including phenoxy) is 1. The van der Waals surface area contributed by atoms with Crippen molar-refractivity contribution in [2.45, 2.75) is 18.9 Å². The molecule has 88 valence electrons. The molecule has 1 N–H and O–H groups in total. The normalized spacial score (nSPS) is 19.6. The number of likely N-dealkylation sites (N-methyl/N-ethyl adjacent to an activating group) is 1. The van der Waals surface area contributed by atoms with Crippen LogP contribution >= 0.6 is 12.4 Å². The summed E-state index contributed by atoms with van der Waals surface area (Å²) in [5, 5.41) is 2.78. The fourth-order valence-electron chi connectivity index (χ4n) is 1.70. The lowest BCUT2D eigenvalue weighted by Gasteiger charge is -2.22. The summed E-state index contributed by atoms with van der Waals surface area (Å²) in [5.74, 6) is -0.354. The Bertz CT molecular complexity index is 235. The molecule has 15 heavy (non-hydrogen) atoms. The zero-order valence-electron chi connectivity index (χ0n) is 8.99. The van der Waals surface area contributed by atoms with Gasteiger partial charge in [0, 0.05) is 6.54 Å². The van der Waals surface area contributed by atoms with Gasteiger partial charge in [0.05, 0.1) is 13.7 Å². The van der Waals surface area contributed by atoms with Crippen molar-refractivity contribution >= 4 is 24.3 Å². The highest BCUT2D eigenvalue weighted by Crippen LogP contribution is 2.17. The number of hydrogen-bond donors (Lipinski definition) is 1. The number of methoxy groups -OCH3 is 1. The van der Waals surface area contributed by atoms with E-state index in [0.717, 1.165) is 6.42 Å². The fraction of sp³-hybridized carbons (Fsp3) is 0.778. The largest absolute Gasteiger partial charge is 0.467 e. The van der Waals surface area contributed by atoms with Gasteiger partial charge in [-0.2, -0.15) is 0 Å². The van der Waals surface area contributed by atoms with Gasteiger partial charge in [-0.25, -0.2) is 4.79 Å². The summed E-state index contributed by atoms with van der Waals surface area (Å²) in [7, 11) is 3.06. The number of hydrogen-bond acceptors (Lipinski definition) is 4. The van der Waals surface area contributed by atoms with Gasteiger partial charge < -0.3 is 15.0 Å². The van der Waals surface area contributed by atoms with Gasteiger partial charge in [0.2, 0.25) is 5.91 Å². The number of amides is 1. The van der Waals surface area contributed by atoms with Crippen molar-refractivity contribution in [1.29, 1.82) is 0 Å². The first-order valence-electron chi connectivity index (χ1n) is 4.72. The highest BCUT2D eigenvalue weighted by atomic mass is 35.5. The van der Waals surface area contributed by atoms with Crippen molar-refractivity contribution in [3.8, 4) is 0 Å². The van der Waals surface area contributed by atoms with Crippen LogP contribution in [-0.4, -0.2) is 50.1 Å². The topological polar surface area (TPSA) is 58.6 Å². The molecule has 1 amide bonds. The first-order chi connectivity index (χ1) is 6.70. The Kier molecular flexibility index (Phi) is 6.27. The average molecular weight is 237 g/mol. The molecule has 0 spiro atoms. The van der Waals surface area contributed by atoms with Crippen LogP contribution in [0.5, 0.6) is 0 Å². The van der Waals surface area contributed by atoms with Gasteiger partial charge in [-0.05, 0) is 19.9 Å². The molecule has 1 aliphatic rings. The SMILES string of the molecule is CNCC(=O)N1CCC[C@H]1C(=O)OC.Cl. The van der Waals surface area contributed by atoms with Crippen LogP contribution in [0.2, 0.25) is 0 Å². The Morgan fingerprint density at radius 2 is 2.20 bits per heavy atom. The number of nitrogens with zero attached hydrogens (tertiary/aromatic N) is 1. The molecule has 0 bridgehead atoms. The van der Waals surface area contributed by atoms with Crippen LogP contribution in [0.4, 0.5) is 0 Å². The maximum atomic E-state index is 11.5. The molecule has 6 heteroatoms. The highest BCUT2D eigenvalue weighted by Gasteiger charge is 2.34. The smallest absolute Gasteiger partial charge is 0.328 e. The molecule has 5 nitrogen and oxygen atoms in total. The van der Waals surface area contributed by atoms with Crippen LogP contribution in [0.15, 0.2) is 0 Å². The molecule has 1 atom stereocenters. The van der Waals surface area contributed by atoms with Crippen LogP contribution in [0, 0.1) is 0 Å². The zero-order chi connectivity index (χ0) is 10.6. The monoisotopic (exact) mass is 236 g/mol. The third-order valence-electron chi connectivity index (χ3n) is 2.37. The Labute approximate surface area is 95.6 Å². The molecule has 1 rings (SSSR count). The van der Waals surface area contributed by atoms with E-state index < -0.39 is 0 Å². The first kappa shape index (κ1) is 14.2. The van der Waals surface area contributed by atoms with E-state index >= 15 is 0 Å². The standard InChI is InChI=1S/C9H16N2O3.ClH/c1-10-6-8(12)11-5-3-4-7(11)9(13)14-2;/h7,10H,3-6H2,1-2H3;1H/t7-;/m0./s1. The minimum atomic E-state index is -0.374. The average Bonchev–Trinajstić information content (AvgIpc) is 2.65. The van der Waals surface area contributed by atoms with E-state index in [9.17, 15) is 9.59 Å². The summed E-state index contributed by atoms with van der Waals surface area (Å²) < 4.78 is 4.64. The number of halogens is 1. The Morgan fingerprint density at radius 1 is 1.53 bits per heavy atom. The van der Waals surface area contributed by atoms with Gasteiger partial charge >= 0.3 is 5.97 Å². The zero-order valence-corrected chi connectivity index (χ0v) is 9.80. The van der Waals surface area contributed by atoms with E-state index in [4.69, 9.17) is 0 Å². The maximum absolute atomic E-state index is 11.5. The lowest BCUT2D eigenvalue weighted by atomic mass is 10.2. The summed E-state index contributed by atoms with van der Waals surface area (Å²) in [6.07, 6.45) is 1.58. The summed E-state index contributed by atoms with van der Waals surface area (Å²) >= 11 is 0. The second kappa shape index (κ2) is 6.63. The number of rotatable bonds is 3. The molecule has 1 heterocycles. The molecule has 0 radical (unpaired) electrons. The van der Waals surface area contributed by atoms with Gasteiger partial charge in [-0.1, -0.05) is 0 Å². The van der Waals surface area contributed by atoms with Crippen molar-refractivity contribution in [1.82, 2.24) is 10.2 Å². The van der Waals surface area contributed by atoms with Crippen LogP contribution < -0.4 is 5.32 Å². The van der Waals surface area contributed by atoms with E-state index in [1.165, 1.54) is 7.11 Å². The van der Waals surface area contributed by atoms with Crippen molar-refractivity contribution in [2.24, 2.45) is 0 Å². The van der Waals surface area contributed by atoms with Crippen molar-refractivity contribution in [2.75, 3.05) is 27.2 Å². The van der Waals surface area contributed by atoms with Gasteiger partial charge in [0.1, 0.15) is 6.04 Å². The number of likely N-dealkylation sites (tertiary alicyclic amines) is 1. The van der Waals surface area contributed by atoms with E-state index in [-0.39, 0.29) is 36.9 Å². The van der Waals surface area contributed by atoms with E-state index in [0.29, 0.717) is 13.0 Å². The maximum Gasteiger partial charge on any atom is 0.328 e. The summed E-state index contributed by atoms with van der Waals surface area (Å²) in [4.78, 5) is 24.4. The van der Waals surface area contributed by atoms with E-state index in [2.05, 4.69) is 10.1 Å². The number of carbonyl (C=O) groups is 2. The lowest BCUT2D eigenvalue weighted by molar-refractivity contribution is -0.150. The summed E-state index contributed by atoms with van der Waals surface area (Å²) in [6, 6.07) is -0.374. The molecular formula is C9H17ClN2O3. The van der Waals surface area contributed by atoms with E-state index in [1.54, 1.807) is 11.9 Å². The number of esters is 1. The molecule has 1 fully saturated rings. The van der Waals surface area contributed by atoms with Gasteiger partial charge in [-0.3, -0.25) is 4.79 Å². The first-order valence-corrected chi connectivity index (χ1v) is 4.72. The number of carbonyl (C=O) groups excluding carboxylic acids is 2. The molecular weight excluding hydrogens is 220 g/mol. The molecule has 0 saturated carbocycles. The number of nitrogens with one attached hydrogen (secondary N) is 1. The second-order valence-electron chi connectivity index (χ2n) is 3.30. The lowest BCUT2D eigenvalue weighted by Crippen LogP contribution is -2.44. The molecule has 0 aromatic carbocycles. The molecule has 0 aromatic heterocycles. The quantitative estimate of drug-likeness (QED) is 0.689. The van der Waals surface area contributed by atoms with Crippen LogP contribution in [0.25, 0.3) is 0 Å². The molecule has 1 aliphatic heterocycles. The van der Waals surface area contributed by atoms with Crippen LogP contribution in [-0.2, 0) is 14.3 Å². The Morgan fingerprint density at radius 3 is 2.73 bits per heavy atom. The predicted octanol–water partition coefficient (Wildman–Crippen LogP) is -0.208. The molecule has 0 unspecified atom stereocenters. The van der Waals surface area contributed by atoms with Gasteiger partial charge in [-0.15, -0.1) is 12.4 Å². The third kappa shape index (κ3) is 3.35. The molecule has 0 aliphatic carbocycles. The Balaban J connectivity index is 0.00000196. The summed E-state index contributed by atoms with van der Waals surface area (Å²) in [6.45, 7) is 0.924. The minimum Gasteiger partial charge on any atom is -0.467 e. The second-order valence-corrected chi connectivity index (χ2v) is 3.30.